The molecule has 0 rings (SSSR count). The standard InChI is InChI=1S/C17H40O5Si4/c1-11-17(18)19-15-13-12-14-16-26(20-23(2,3)4,21-24(5,6)7)22-25(8,9)10/h11H,1,12-16H2,2-10H3. The maximum atomic E-state index is 11.1. The van der Waals surface area contributed by atoms with Crippen molar-refractivity contribution in [3.63, 3.8) is 0 Å². The van der Waals surface area contributed by atoms with E-state index in [1.807, 2.05) is 0 Å². The van der Waals surface area contributed by atoms with E-state index in [4.69, 9.17) is 17.1 Å². The number of esters is 1. The van der Waals surface area contributed by atoms with Crippen LogP contribution in [0.15, 0.2) is 12.7 Å². The van der Waals surface area contributed by atoms with E-state index in [9.17, 15) is 4.79 Å². The minimum Gasteiger partial charge on any atom is -0.463 e. The lowest BCUT2D eigenvalue weighted by atomic mass is 10.3. The van der Waals surface area contributed by atoms with E-state index in [0.717, 1.165) is 25.3 Å². The molecule has 0 aliphatic carbocycles. The quantitative estimate of drug-likeness (QED) is 0.168. The molecule has 0 aromatic rings. The number of rotatable bonds is 13. The smallest absolute Gasteiger partial charge is 0.463 e. The van der Waals surface area contributed by atoms with E-state index in [-0.39, 0.29) is 5.97 Å². The fourth-order valence-corrected chi connectivity index (χ4v) is 17.2. The number of carbonyl (C=O) groups excluding carboxylic acids is 1. The summed E-state index contributed by atoms with van der Waals surface area (Å²) in [5, 5.41) is 0. The van der Waals surface area contributed by atoms with Crippen molar-refractivity contribution in [1.82, 2.24) is 0 Å². The molecular weight excluding hydrogens is 397 g/mol. The number of carbonyl (C=O) groups is 1. The van der Waals surface area contributed by atoms with Gasteiger partial charge in [0.1, 0.15) is 0 Å². The van der Waals surface area contributed by atoms with Crippen LogP contribution in [-0.4, -0.2) is 46.3 Å². The summed E-state index contributed by atoms with van der Waals surface area (Å²) in [6, 6.07) is 0.835. The highest BCUT2D eigenvalue weighted by Gasteiger charge is 2.49. The Morgan fingerprint density at radius 2 is 1.19 bits per heavy atom. The summed E-state index contributed by atoms with van der Waals surface area (Å²) in [5.41, 5.74) is 0. The molecule has 0 aliphatic rings. The molecule has 0 aliphatic heterocycles. The van der Waals surface area contributed by atoms with Crippen LogP contribution >= 0.6 is 0 Å². The number of unbranched alkanes of at least 4 members (excludes halogenated alkanes) is 2. The van der Waals surface area contributed by atoms with Crippen LogP contribution in [0.4, 0.5) is 0 Å². The Morgan fingerprint density at radius 3 is 1.54 bits per heavy atom. The van der Waals surface area contributed by atoms with Crippen molar-refractivity contribution in [2.24, 2.45) is 0 Å². The molecule has 0 saturated carbocycles. The second-order valence-electron chi connectivity index (χ2n) is 9.51. The first-order valence-corrected chi connectivity index (χ1v) is 21.6. The molecule has 0 unspecified atom stereocenters. The van der Waals surface area contributed by atoms with Gasteiger partial charge in [-0.15, -0.1) is 0 Å². The lowest BCUT2D eigenvalue weighted by Crippen LogP contribution is -2.60. The van der Waals surface area contributed by atoms with E-state index in [0.29, 0.717) is 6.61 Å². The Hall–Kier alpha value is -0.0425. The lowest BCUT2D eigenvalue weighted by molar-refractivity contribution is -0.137. The van der Waals surface area contributed by atoms with Gasteiger partial charge in [-0.3, -0.25) is 0 Å². The molecule has 0 fully saturated rings. The topological polar surface area (TPSA) is 54.0 Å². The van der Waals surface area contributed by atoms with Gasteiger partial charge >= 0.3 is 14.8 Å². The van der Waals surface area contributed by atoms with Crippen molar-refractivity contribution in [2.45, 2.75) is 84.2 Å². The van der Waals surface area contributed by atoms with Crippen LogP contribution in [0.3, 0.4) is 0 Å². The molecule has 26 heavy (non-hydrogen) atoms. The molecule has 0 N–H and O–H groups in total. The van der Waals surface area contributed by atoms with E-state index >= 15 is 0 Å². The maximum absolute atomic E-state index is 11.1. The molecule has 0 aromatic heterocycles. The first-order chi connectivity index (χ1) is 11.6. The summed E-state index contributed by atoms with van der Waals surface area (Å²) in [4.78, 5) is 11.1. The Labute approximate surface area is 165 Å². The van der Waals surface area contributed by atoms with Crippen LogP contribution in [0.5, 0.6) is 0 Å². The lowest BCUT2D eigenvalue weighted by Gasteiger charge is -2.43. The molecule has 0 amide bonds. The Morgan fingerprint density at radius 1 is 0.769 bits per heavy atom. The predicted molar refractivity (Wildman–Crippen MR) is 119 cm³/mol. The molecule has 0 spiro atoms. The van der Waals surface area contributed by atoms with Crippen LogP contribution in [0.1, 0.15) is 19.3 Å². The Kier molecular flexibility index (Phi) is 10.5. The van der Waals surface area contributed by atoms with Gasteiger partial charge in [-0.1, -0.05) is 13.0 Å². The third kappa shape index (κ3) is 14.1. The average molecular weight is 437 g/mol. The van der Waals surface area contributed by atoms with Crippen molar-refractivity contribution in [2.75, 3.05) is 6.61 Å². The number of hydrogen-bond acceptors (Lipinski definition) is 5. The maximum Gasteiger partial charge on any atom is 0.469 e. The minimum atomic E-state index is -2.73. The zero-order valence-corrected chi connectivity index (χ0v) is 22.4. The largest absolute Gasteiger partial charge is 0.469 e. The van der Waals surface area contributed by atoms with Gasteiger partial charge < -0.3 is 17.1 Å². The summed E-state index contributed by atoms with van der Waals surface area (Å²) in [6.45, 7) is 23.6. The van der Waals surface area contributed by atoms with Gasteiger partial charge in [-0.2, -0.15) is 0 Å². The second-order valence-corrected chi connectivity index (χ2v) is 26.5. The Bertz CT molecular complexity index is 409. The molecule has 0 aromatic carbocycles. The molecule has 154 valence electrons. The molecule has 5 nitrogen and oxygen atoms in total. The number of ether oxygens (including phenoxy) is 1. The van der Waals surface area contributed by atoms with Crippen LogP contribution in [0, 0.1) is 0 Å². The monoisotopic (exact) mass is 436 g/mol. The minimum absolute atomic E-state index is 0.361. The summed E-state index contributed by atoms with van der Waals surface area (Å²) in [6.07, 6.45) is 3.94. The molecular formula is C17H40O5Si4. The van der Waals surface area contributed by atoms with Gasteiger partial charge in [-0.25, -0.2) is 4.79 Å². The summed E-state index contributed by atoms with van der Waals surface area (Å²) < 4.78 is 25.0. The first kappa shape index (κ1) is 26.0. The van der Waals surface area contributed by atoms with Crippen LogP contribution in [-0.2, 0) is 21.9 Å². The van der Waals surface area contributed by atoms with E-state index in [2.05, 4.69) is 65.5 Å². The van der Waals surface area contributed by atoms with Crippen molar-refractivity contribution in [3.05, 3.63) is 12.7 Å². The van der Waals surface area contributed by atoms with E-state index in [1.54, 1.807) is 0 Å². The van der Waals surface area contributed by atoms with Crippen molar-refractivity contribution in [1.29, 1.82) is 0 Å². The van der Waals surface area contributed by atoms with Gasteiger partial charge in [0.25, 0.3) is 0 Å². The summed E-state index contributed by atoms with van der Waals surface area (Å²) in [7, 11) is -8.16. The molecule has 0 saturated heterocycles. The van der Waals surface area contributed by atoms with Gasteiger partial charge in [0.15, 0.2) is 25.0 Å². The van der Waals surface area contributed by atoms with E-state index < -0.39 is 33.8 Å². The Balaban J connectivity index is 5.03. The van der Waals surface area contributed by atoms with Gasteiger partial charge in [-0.05, 0) is 71.8 Å². The first-order valence-electron chi connectivity index (χ1n) is 9.47. The highest BCUT2D eigenvalue weighted by atomic mass is 28.5. The van der Waals surface area contributed by atoms with Gasteiger partial charge in [0.05, 0.1) is 6.61 Å². The fourth-order valence-electron chi connectivity index (χ4n) is 2.47. The predicted octanol–water partition coefficient (Wildman–Crippen LogP) is 5.38. The highest BCUT2D eigenvalue weighted by molar-refractivity contribution is 6.90. The van der Waals surface area contributed by atoms with Crippen molar-refractivity contribution >= 4 is 39.7 Å². The third-order valence-electron chi connectivity index (χ3n) is 2.92. The van der Waals surface area contributed by atoms with E-state index in [1.165, 1.54) is 6.08 Å². The molecule has 0 bridgehead atoms. The normalized spacial score (nSPS) is 13.6. The van der Waals surface area contributed by atoms with Gasteiger partial charge in [0, 0.05) is 12.1 Å². The zero-order valence-electron chi connectivity index (χ0n) is 18.4. The molecule has 0 radical (unpaired) electrons. The van der Waals surface area contributed by atoms with Crippen LogP contribution in [0.2, 0.25) is 65.0 Å². The SMILES string of the molecule is C=CC(=O)OCCCCC[Si](O[Si](C)(C)C)(O[Si](C)(C)C)O[Si](C)(C)C. The van der Waals surface area contributed by atoms with Crippen LogP contribution < -0.4 is 0 Å². The molecule has 0 atom stereocenters. The fraction of sp³-hybridized carbons (Fsp3) is 0.824. The molecule has 9 heteroatoms. The highest BCUT2D eigenvalue weighted by Crippen LogP contribution is 2.30. The van der Waals surface area contributed by atoms with Crippen molar-refractivity contribution in [3.8, 4) is 0 Å². The zero-order chi connectivity index (χ0) is 20.6. The summed E-state index contributed by atoms with van der Waals surface area (Å²) >= 11 is 0. The van der Waals surface area contributed by atoms with Crippen molar-refractivity contribution < 1.29 is 21.9 Å². The number of hydrogen-bond donors (Lipinski definition) is 0. The summed E-state index contributed by atoms with van der Waals surface area (Å²) in [5.74, 6) is -0.361. The third-order valence-corrected chi connectivity index (χ3v) is 15.0. The van der Waals surface area contributed by atoms with Gasteiger partial charge in [0.2, 0.25) is 0 Å². The second kappa shape index (κ2) is 10.5. The average Bonchev–Trinajstić information content (AvgIpc) is 2.36. The molecule has 0 heterocycles. The van der Waals surface area contributed by atoms with Crippen LogP contribution in [0.25, 0.3) is 0 Å².